The van der Waals surface area contributed by atoms with Gasteiger partial charge in [0.15, 0.2) is 0 Å². The number of anilines is 2. The van der Waals surface area contributed by atoms with E-state index in [1.54, 1.807) is 0 Å². The Morgan fingerprint density at radius 1 is 1.15 bits per heavy atom. The first-order valence-corrected chi connectivity index (χ1v) is 7.30. The summed E-state index contributed by atoms with van der Waals surface area (Å²) >= 11 is 0. The van der Waals surface area contributed by atoms with Crippen molar-refractivity contribution in [3.63, 3.8) is 0 Å². The molecule has 3 rings (SSSR count). The molecular formula is C15H21N3O2. The Morgan fingerprint density at radius 2 is 1.85 bits per heavy atom. The molecule has 0 radical (unpaired) electrons. The Morgan fingerprint density at radius 3 is 2.60 bits per heavy atom. The van der Waals surface area contributed by atoms with Crippen LogP contribution in [0.3, 0.4) is 0 Å². The van der Waals surface area contributed by atoms with Crippen molar-refractivity contribution in [2.24, 2.45) is 0 Å². The minimum absolute atomic E-state index is 0.0355. The number of carbonyl (C=O) groups is 1. The highest BCUT2D eigenvalue weighted by Crippen LogP contribution is 2.25. The van der Waals surface area contributed by atoms with Gasteiger partial charge in [-0.2, -0.15) is 0 Å². The van der Waals surface area contributed by atoms with Crippen LogP contribution in [0.1, 0.15) is 25.7 Å². The fourth-order valence-corrected chi connectivity index (χ4v) is 2.89. The van der Waals surface area contributed by atoms with Crippen LogP contribution >= 0.6 is 0 Å². The number of benzene rings is 1. The van der Waals surface area contributed by atoms with Gasteiger partial charge in [0.25, 0.3) is 0 Å². The van der Waals surface area contributed by atoms with Crippen molar-refractivity contribution in [1.82, 2.24) is 5.32 Å². The lowest BCUT2D eigenvalue weighted by Crippen LogP contribution is -2.50. The van der Waals surface area contributed by atoms with Crippen LogP contribution in [0.5, 0.6) is 0 Å². The van der Waals surface area contributed by atoms with Crippen LogP contribution in [-0.4, -0.2) is 35.7 Å². The van der Waals surface area contributed by atoms with Gasteiger partial charge in [-0.3, -0.25) is 4.79 Å². The van der Waals surface area contributed by atoms with Crippen molar-refractivity contribution in [1.29, 1.82) is 0 Å². The van der Waals surface area contributed by atoms with E-state index in [4.69, 9.17) is 0 Å². The van der Waals surface area contributed by atoms with E-state index in [0.717, 1.165) is 37.1 Å². The highest BCUT2D eigenvalue weighted by atomic mass is 16.3. The number of nitrogens with one attached hydrogen (secondary N) is 3. The van der Waals surface area contributed by atoms with Crippen LogP contribution in [0.25, 0.3) is 0 Å². The van der Waals surface area contributed by atoms with Gasteiger partial charge in [0.05, 0.1) is 17.5 Å². The van der Waals surface area contributed by atoms with E-state index < -0.39 is 0 Å². The van der Waals surface area contributed by atoms with Gasteiger partial charge in [-0.15, -0.1) is 0 Å². The highest BCUT2D eigenvalue weighted by Gasteiger charge is 2.27. The lowest BCUT2D eigenvalue weighted by molar-refractivity contribution is -0.122. The first-order chi connectivity index (χ1) is 9.72. The molecule has 0 bridgehead atoms. The van der Waals surface area contributed by atoms with Crippen molar-refractivity contribution in [2.45, 2.75) is 43.9 Å². The predicted molar refractivity (Wildman–Crippen MR) is 78.7 cm³/mol. The molecule has 2 aliphatic rings. The molecule has 108 valence electrons. The zero-order valence-corrected chi connectivity index (χ0v) is 11.4. The van der Waals surface area contributed by atoms with E-state index in [1.165, 1.54) is 0 Å². The summed E-state index contributed by atoms with van der Waals surface area (Å²) in [6.07, 6.45) is 3.10. The lowest BCUT2D eigenvalue weighted by atomic mass is 9.93. The topological polar surface area (TPSA) is 73.4 Å². The predicted octanol–water partition coefficient (Wildman–Crippen LogP) is 1.31. The molecule has 1 atom stereocenters. The second kappa shape index (κ2) is 5.71. The molecular weight excluding hydrogens is 254 g/mol. The molecule has 1 amide bonds. The van der Waals surface area contributed by atoms with E-state index in [0.29, 0.717) is 6.54 Å². The summed E-state index contributed by atoms with van der Waals surface area (Å²) in [4.78, 5) is 12.3. The summed E-state index contributed by atoms with van der Waals surface area (Å²) in [6, 6.07) is 7.86. The number of hydrogen-bond acceptors (Lipinski definition) is 4. The molecule has 0 spiro atoms. The van der Waals surface area contributed by atoms with Gasteiger partial charge in [0.2, 0.25) is 5.91 Å². The fourth-order valence-electron chi connectivity index (χ4n) is 2.89. The van der Waals surface area contributed by atoms with Crippen molar-refractivity contribution < 1.29 is 9.90 Å². The summed E-state index contributed by atoms with van der Waals surface area (Å²) < 4.78 is 0. The normalized spacial score (nSPS) is 28.8. The van der Waals surface area contributed by atoms with Gasteiger partial charge in [0.1, 0.15) is 6.04 Å². The summed E-state index contributed by atoms with van der Waals surface area (Å²) in [7, 11) is 0. The molecule has 20 heavy (non-hydrogen) atoms. The average Bonchev–Trinajstić information content (AvgIpc) is 2.49. The molecule has 1 fully saturated rings. The summed E-state index contributed by atoms with van der Waals surface area (Å²) in [5.74, 6) is 0.0355. The maximum atomic E-state index is 12.3. The first kappa shape index (κ1) is 13.2. The van der Waals surface area contributed by atoms with Crippen LogP contribution in [-0.2, 0) is 4.79 Å². The smallest absolute Gasteiger partial charge is 0.244 e. The quantitative estimate of drug-likeness (QED) is 0.657. The second-order valence-corrected chi connectivity index (χ2v) is 5.64. The van der Waals surface area contributed by atoms with E-state index in [9.17, 15) is 9.90 Å². The van der Waals surface area contributed by atoms with E-state index in [1.807, 2.05) is 24.3 Å². The van der Waals surface area contributed by atoms with Crippen molar-refractivity contribution in [2.75, 3.05) is 17.2 Å². The summed E-state index contributed by atoms with van der Waals surface area (Å²) in [5.41, 5.74) is 2.01. The van der Waals surface area contributed by atoms with Crippen LogP contribution in [0.4, 0.5) is 11.4 Å². The molecule has 1 unspecified atom stereocenters. The third kappa shape index (κ3) is 2.88. The highest BCUT2D eigenvalue weighted by molar-refractivity contribution is 5.88. The number of aliphatic hydroxyl groups is 1. The van der Waals surface area contributed by atoms with Crippen molar-refractivity contribution >= 4 is 17.3 Å². The Hall–Kier alpha value is -1.75. The Kier molecular flexibility index (Phi) is 3.78. The monoisotopic (exact) mass is 275 g/mol. The number of rotatable bonds is 2. The third-order valence-electron chi connectivity index (χ3n) is 4.11. The number of carbonyl (C=O) groups excluding carboxylic acids is 1. The van der Waals surface area contributed by atoms with Gasteiger partial charge in [0, 0.05) is 12.6 Å². The molecule has 5 heteroatoms. The Labute approximate surface area is 118 Å². The van der Waals surface area contributed by atoms with Gasteiger partial charge in [-0.25, -0.2) is 0 Å². The van der Waals surface area contributed by atoms with Gasteiger partial charge in [-0.1, -0.05) is 12.1 Å². The van der Waals surface area contributed by atoms with Crippen LogP contribution < -0.4 is 16.0 Å². The molecule has 5 nitrogen and oxygen atoms in total. The van der Waals surface area contributed by atoms with Gasteiger partial charge >= 0.3 is 0 Å². The van der Waals surface area contributed by atoms with Crippen molar-refractivity contribution in [3.05, 3.63) is 24.3 Å². The third-order valence-corrected chi connectivity index (χ3v) is 4.11. The standard InChI is InChI=1S/C15H21N3O2/c19-11-7-5-10(6-8-11)17-15(20)14-9-16-12-3-1-2-4-13(12)18-14/h1-4,10-11,14,16,18-19H,5-9H2,(H,17,20). The average molecular weight is 275 g/mol. The lowest BCUT2D eigenvalue weighted by Gasteiger charge is -2.31. The maximum Gasteiger partial charge on any atom is 0.244 e. The van der Waals surface area contributed by atoms with Gasteiger partial charge in [-0.05, 0) is 37.8 Å². The van der Waals surface area contributed by atoms with E-state index in [-0.39, 0.29) is 24.1 Å². The van der Waals surface area contributed by atoms with Crippen molar-refractivity contribution in [3.8, 4) is 0 Å². The van der Waals surface area contributed by atoms with Crippen LogP contribution in [0, 0.1) is 0 Å². The summed E-state index contributed by atoms with van der Waals surface area (Å²) in [6.45, 7) is 0.595. The first-order valence-electron chi connectivity index (χ1n) is 7.30. The Bertz CT molecular complexity index is 484. The molecule has 1 aromatic carbocycles. The van der Waals surface area contributed by atoms with E-state index in [2.05, 4.69) is 16.0 Å². The number of hydrogen-bond donors (Lipinski definition) is 4. The number of amides is 1. The molecule has 0 aromatic heterocycles. The van der Waals surface area contributed by atoms with Crippen LogP contribution in [0.15, 0.2) is 24.3 Å². The number of aliphatic hydroxyl groups excluding tert-OH is 1. The molecule has 1 heterocycles. The summed E-state index contributed by atoms with van der Waals surface area (Å²) in [5, 5.41) is 19.1. The molecule has 1 aliphatic carbocycles. The zero-order chi connectivity index (χ0) is 13.9. The SMILES string of the molecule is O=C(NC1CCC(O)CC1)C1CNc2ccccc2N1. The number of para-hydroxylation sites is 2. The molecule has 4 N–H and O–H groups in total. The second-order valence-electron chi connectivity index (χ2n) is 5.64. The van der Waals surface area contributed by atoms with Gasteiger partial charge < -0.3 is 21.1 Å². The van der Waals surface area contributed by atoms with E-state index >= 15 is 0 Å². The maximum absolute atomic E-state index is 12.3. The molecule has 1 aromatic rings. The van der Waals surface area contributed by atoms with Crippen LogP contribution in [0.2, 0.25) is 0 Å². The Balaban J connectivity index is 1.56. The molecule has 0 saturated heterocycles. The zero-order valence-electron chi connectivity index (χ0n) is 11.4. The fraction of sp³-hybridized carbons (Fsp3) is 0.533. The minimum atomic E-state index is -0.239. The minimum Gasteiger partial charge on any atom is -0.393 e. The molecule has 1 saturated carbocycles. The molecule has 1 aliphatic heterocycles. The number of fused-ring (bicyclic) bond motifs is 1. The largest absolute Gasteiger partial charge is 0.393 e.